The zero-order valence-electron chi connectivity index (χ0n) is 17.0. The number of benzene rings is 2. The average molecular weight is 434 g/mol. The normalized spacial score (nSPS) is 13.8. The van der Waals surface area contributed by atoms with Crippen molar-refractivity contribution in [1.82, 2.24) is 4.90 Å². The number of nitro benzene ring substituents is 1. The number of carbonyl (C=O) groups excluding carboxylic acids is 1. The van der Waals surface area contributed by atoms with Crippen LogP contribution in [0.15, 0.2) is 36.4 Å². The quantitative estimate of drug-likeness (QED) is 0.484. The first-order chi connectivity index (χ1) is 14.4. The van der Waals surface area contributed by atoms with Gasteiger partial charge in [0, 0.05) is 49.6 Å². The molecule has 0 saturated carbocycles. The highest BCUT2D eigenvalue weighted by Gasteiger charge is 2.24. The lowest BCUT2D eigenvalue weighted by atomic mass is 10.1. The maximum absolute atomic E-state index is 13.0. The number of carbonyl (C=O) groups is 1. The lowest BCUT2D eigenvalue weighted by molar-refractivity contribution is -0.384. The van der Waals surface area contributed by atoms with E-state index in [4.69, 9.17) is 21.1 Å². The van der Waals surface area contributed by atoms with Crippen LogP contribution in [-0.2, 0) is 0 Å². The van der Waals surface area contributed by atoms with E-state index in [9.17, 15) is 14.9 Å². The molecular formula is C21H24ClN3O5. The van der Waals surface area contributed by atoms with Crippen LogP contribution in [0.4, 0.5) is 11.4 Å². The minimum absolute atomic E-state index is 0.0600. The third kappa shape index (κ3) is 4.76. The molecule has 3 rings (SSSR count). The van der Waals surface area contributed by atoms with Gasteiger partial charge in [-0.3, -0.25) is 14.9 Å². The van der Waals surface area contributed by atoms with Gasteiger partial charge in [-0.2, -0.15) is 0 Å². The highest BCUT2D eigenvalue weighted by Crippen LogP contribution is 2.37. The van der Waals surface area contributed by atoms with Crippen molar-refractivity contribution in [2.45, 2.75) is 13.3 Å². The molecule has 1 heterocycles. The van der Waals surface area contributed by atoms with Crippen molar-refractivity contribution >= 4 is 28.9 Å². The van der Waals surface area contributed by atoms with Gasteiger partial charge in [-0.1, -0.05) is 18.5 Å². The van der Waals surface area contributed by atoms with Gasteiger partial charge in [0.1, 0.15) is 0 Å². The standard InChI is InChI=1S/C21H24ClN3O5/c1-3-12-30-20-18(22)13-15(14-19(20)29-2)21(26)24-10-8-23(9-11-24)16-4-6-17(7-5-16)25(27)28/h4-7,13-14H,3,8-12H2,1-2H3. The molecule has 2 aromatic rings. The second kappa shape index (κ2) is 9.67. The van der Waals surface area contributed by atoms with Crippen molar-refractivity contribution in [1.29, 1.82) is 0 Å². The highest BCUT2D eigenvalue weighted by atomic mass is 35.5. The van der Waals surface area contributed by atoms with Crippen molar-refractivity contribution in [3.8, 4) is 11.5 Å². The molecule has 0 spiro atoms. The molecule has 0 bridgehead atoms. The van der Waals surface area contributed by atoms with Crippen LogP contribution < -0.4 is 14.4 Å². The third-order valence-corrected chi connectivity index (χ3v) is 5.20. The van der Waals surface area contributed by atoms with Crippen LogP contribution in [0.2, 0.25) is 5.02 Å². The molecule has 8 nitrogen and oxygen atoms in total. The molecule has 2 aromatic carbocycles. The van der Waals surface area contributed by atoms with E-state index in [1.807, 2.05) is 6.92 Å². The van der Waals surface area contributed by atoms with E-state index < -0.39 is 4.92 Å². The van der Waals surface area contributed by atoms with Crippen molar-refractivity contribution in [3.05, 3.63) is 57.1 Å². The minimum Gasteiger partial charge on any atom is -0.493 e. The molecule has 1 saturated heterocycles. The maximum atomic E-state index is 13.0. The van der Waals surface area contributed by atoms with E-state index in [1.54, 1.807) is 29.2 Å². The Morgan fingerprint density at radius 2 is 1.83 bits per heavy atom. The smallest absolute Gasteiger partial charge is 0.269 e. The van der Waals surface area contributed by atoms with Crippen LogP contribution in [0.5, 0.6) is 11.5 Å². The molecule has 1 aliphatic heterocycles. The summed E-state index contributed by atoms with van der Waals surface area (Å²) >= 11 is 6.34. The fraction of sp³-hybridized carbons (Fsp3) is 0.381. The molecule has 0 N–H and O–H groups in total. The van der Waals surface area contributed by atoms with Gasteiger partial charge in [0.05, 0.1) is 23.7 Å². The zero-order valence-corrected chi connectivity index (χ0v) is 17.7. The van der Waals surface area contributed by atoms with Gasteiger partial charge in [-0.15, -0.1) is 0 Å². The predicted molar refractivity (Wildman–Crippen MR) is 115 cm³/mol. The summed E-state index contributed by atoms with van der Waals surface area (Å²) in [7, 11) is 1.52. The van der Waals surface area contributed by atoms with Crippen molar-refractivity contribution in [3.63, 3.8) is 0 Å². The maximum Gasteiger partial charge on any atom is 0.269 e. The van der Waals surface area contributed by atoms with E-state index in [-0.39, 0.29) is 11.6 Å². The molecule has 9 heteroatoms. The molecule has 30 heavy (non-hydrogen) atoms. The summed E-state index contributed by atoms with van der Waals surface area (Å²) in [5.41, 5.74) is 1.41. The van der Waals surface area contributed by atoms with Gasteiger partial charge in [-0.05, 0) is 30.7 Å². The Labute approximate surface area is 180 Å². The number of ether oxygens (including phenoxy) is 2. The molecule has 1 fully saturated rings. The number of nitrogens with zero attached hydrogens (tertiary/aromatic N) is 3. The van der Waals surface area contributed by atoms with Crippen molar-refractivity contribution in [2.75, 3.05) is 44.8 Å². The van der Waals surface area contributed by atoms with E-state index in [1.165, 1.54) is 19.2 Å². The monoisotopic (exact) mass is 433 g/mol. The SMILES string of the molecule is CCCOc1c(Cl)cc(C(=O)N2CCN(c3ccc([N+](=O)[O-])cc3)CC2)cc1OC. The molecule has 0 radical (unpaired) electrons. The Balaban J connectivity index is 1.67. The lowest BCUT2D eigenvalue weighted by Gasteiger charge is -2.36. The summed E-state index contributed by atoms with van der Waals surface area (Å²) in [5.74, 6) is 0.755. The molecule has 0 unspecified atom stereocenters. The summed E-state index contributed by atoms with van der Waals surface area (Å²) in [6.07, 6.45) is 0.833. The molecule has 0 atom stereocenters. The molecular weight excluding hydrogens is 410 g/mol. The Bertz CT molecular complexity index is 912. The van der Waals surface area contributed by atoms with Gasteiger partial charge < -0.3 is 19.3 Å². The van der Waals surface area contributed by atoms with Crippen LogP contribution in [0.1, 0.15) is 23.7 Å². The summed E-state index contributed by atoms with van der Waals surface area (Å²) in [4.78, 5) is 27.2. The molecule has 1 amide bonds. The Hall–Kier alpha value is -3.00. The Kier molecular flexibility index (Phi) is 6.99. The van der Waals surface area contributed by atoms with E-state index >= 15 is 0 Å². The fourth-order valence-corrected chi connectivity index (χ4v) is 3.59. The lowest BCUT2D eigenvalue weighted by Crippen LogP contribution is -2.48. The van der Waals surface area contributed by atoms with Crippen LogP contribution in [0.25, 0.3) is 0 Å². The summed E-state index contributed by atoms with van der Waals surface area (Å²) in [5, 5.41) is 11.1. The first-order valence-electron chi connectivity index (χ1n) is 9.73. The number of anilines is 1. The summed E-state index contributed by atoms with van der Waals surface area (Å²) in [6, 6.07) is 9.71. The van der Waals surface area contributed by atoms with Crippen molar-refractivity contribution < 1.29 is 19.2 Å². The zero-order chi connectivity index (χ0) is 21.7. The first kappa shape index (κ1) is 21.7. The van der Waals surface area contributed by atoms with Gasteiger partial charge >= 0.3 is 0 Å². The number of rotatable bonds is 7. The molecule has 0 aliphatic carbocycles. The summed E-state index contributed by atoms with van der Waals surface area (Å²) in [6.45, 7) is 4.83. The predicted octanol–water partition coefficient (Wildman–Crippen LogP) is 4.01. The minimum atomic E-state index is -0.418. The largest absolute Gasteiger partial charge is 0.493 e. The van der Waals surface area contributed by atoms with Gasteiger partial charge in [-0.25, -0.2) is 0 Å². The van der Waals surface area contributed by atoms with Gasteiger partial charge in [0.15, 0.2) is 11.5 Å². The van der Waals surface area contributed by atoms with Crippen LogP contribution in [0, 0.1) is 10.1 Å². The molecule has 1 aliphatic rings. The molecule has 0 aromatic heterocycles. The average Bonchev–Trinajstić information content (AvgIpc) is 2.77. The second-order valence-electron chi connectivity index (χ2n) is 6.89. The van der Waals surface area contributed by atoms with Crippen LogP contribution in [0.3, 0.4) is 0 Å². The van der Waals surface area contributed by atoms with Gasteiger partial charge in [0.25, 0.3) is 11.6 Å². The third-order valence-electron chi connectivity index (χ3n) is 4.92. The van der Waals surface area contributed by atoms with E-state index in [0.29, 0.717) is 54.9 Å². The number of halogens is 1. The Morgan fingerprint density at radius 1 is 1.17 bits per heavy atom. The number of hydrogen-bond donors (Lipinski definition) is 0. The van der Waals surface area contributed by atoms with E-state index in [2.05, 4.69) is 4.90 Å². The number of methoxy groups -OCH3 is 1. The van der Waals surface area contributed by atoms with Crippen LogP contribution in [-0.4, -0.2) is 55.6 Å². The number of nitro groups is 1. The number of amides is 1. The second-order valence-corrected chi connectivity index (χ2v) is 7.30. The first-order valence-corrected chi connectivity index (χ1v) is 10.1. The highest BCUT2D eigenvalue weighted by molar-refractivity contribution is 6.32. The number of hydrogen-bond acceptors (Lipinski definition) is 6. The Morgan fingerprint density at radius 3 is 2.40 bits per heavy atom. The number of piperazine rings is 1. The number of non-ortho nitro benzene ring substituents is 1. The van der Waals surface area contributed by atoms with Crippen molar-refractivity contribution in [2.24, 2.45) is 0 Å². The molecule has 160 valence electrons. The topological polar surface area (TPSA) is 85.2 Å². The van der Waals surface area contributed by atoms with Crippen LogP contribution >= 0.6 is 11.6 Å². The summed E-state index contributed by atoms with van der Waals surface area (Å²) < 4.78 is 11.0. The van der Waals surface area contributed by atoms with Gasteiger partial charge in [0.2, 0.25) is 0 Å². The fourth-order valence-electron chi connectivity index (χ4n) is 3.32. The van der Waals surface area contributed by atoms with E-state index in [0.717, 1.165) is 12.1 Å².